The van der Waals surface area contributed by atoms with Crippen molar-refractivity contribution in [1.29, 1.82) is 0 Å². The number of likely N-dealkylation sites (tertiary alicyclic amines) is 1. The summed E-state index contributed by atoms with van der Waals surface area (Å²) in [7, 11) is 0. The first-order valence-corrected chi connectivity index (χ1v) is 8.27. The fourth-order valence-electron chi connectivity index (χ4n) is 2.64. The third-order valence-corrected chi connectivity index (χ3v) is 4.06. The van der Waals surface area contributed by atoms with Crippen LogP contribution >= 0.6 is 0 Å². The molecule has 1 aliphatic heterocycles. The Hall–Kier alpha value is -1.32. The molecule has 0 aromatic rings. The number of carbonyl (C=O) groups excluding carboxylic acids is 2. The zero-order chi connectivity index (χ0) is 15.5. The molecule has 0 unspecified atom stereocenters. The molecule has 0 aromatic carbocycles. The maximum atomic E-state index is 11.9. The van der Waals surface area contributed by atoms with E-state index >= 15 is 0 Å². The van der Waals surface area contributed by atoms with Gasteiger partial charge in [-0.3, -0.25) is 9.59 Å². The fourth-order valence-corrected chi connectivity index (χ4v) is 2.64. The summed E-state index contributed by atoms with van der Waals surface area (Å²) in [5.74, 6) is -0.179. The van der Waals surface area contributed by atoms with E-state index in [-0.39, 0.29) is 17.8 Å². The zero-order valence-electron chi connectivity index (χ0n) is 13.3. The molecule has 0 radical (unpaired) electrons. The number of ether oxygens (including phenoxy) is 1. The van der Waals surface area contributed by atoms with Crippen LogP contribution in [-0.2, 0) is 14.3 Å². The average Bonchev–Trinajstić information content (AvgIpc) is 2.53. The fraction of sp³-hybridized carbons (Fsp3) is 0.765. The van der Waals surface area contributed by atoms with E-state index in [1.54, 1.807) is 4.90 Å². The maximum absolute atomic E-state index is 11.9. The predicted molar refractivity (Wildman–Crippen MR) is 83.8 cm³/mol. The smallest absolute Gasteiger partial charge is 0.309 e. The first kappa shape index (κ1) is 17.7. The number of amides is 1. The van der Waals surface area contributed by atoms with Crippen molar-refractivity contribution in [3.8, 4) is 0 Å². The highest BCUT2D eigenvalue weighted by atomic mass is 16.5. The molecule has 0 N–H and O–H groups in total. The van der Waals surface area contributed by atoms with Gasteiger partial charge in [-0.1, -0.05) is 45.6 Å². The van der Waals surface area contributed by atoms with Gasteiger partial charge in [0.05, 0.1) is 12.5 Å². The van der Waals surface area contributed by atoms with Gasteiger partial charge in [0.25, 0.3) is 0 Å². The number of carbonyl (C=O) groups is 2. The monoisotopic (exact) mass is 295 g/mol. The van der Waals surface area contributed by atoms with Crippen LogP contribution in [-0.4, -0.2) is 36.5 Å². The number of unbranched alkanes of at least 4 members (excludes halogenated alkanes) is 5. The summed E-state index contributed by atoms with van der Waals surface area (Å²) in [6, 6.07) is 0. The minimum absolute atomic E-state index is 0.0426. The van der Waals surface area contributed by atoms with Crippen LogP contribution in [0.15, 0.2) is 12.7 Å². The summed E-state index contributed by atoms with van der Waals surface area (Å²) in [5, 5.41) is 0. The highest BCUT2D eigenvalue weighted by Gasteiger charge is 2.27. The second-order valence-electron chi connectivity index (χ2n) is 5.74. The summed E-state index contributed by atoms with van der Waals surface area (Å²) in [6.07, 6.45) is 9.89. The highest BCUT2D eigenvalue weighted by molar-refractivity contribution is 5.87. The Morgan fingerprint density at radius 1 is 1.14 bits per heavy atom. The van der Waals surface area contributed by atoms with Crippen LogP contribution < -0.4 is 0 Å². The molecule has 1 heterocycles. The summed E-state index contributed by atoms with van der Waals surface area (Å²) < 4.78 is 5.35. The quantitative estimate of drug-likeness (QED) is 0.372. The highest BCUT2D eigenvalue weighted by Crippen LogP contribution is 2.19. The van der Waals surface area contributed by atoms with Crippen LogP contribution in [0.25, 0.3) is 0 Å². The molecule has 1 amide bonds. The lowest BCUT2D eigenvalue weighted by molar-refractivity contribution is -0.151. The lowest BCUT2D eigenvalue weighted by Gasteiger charge is -2.30. The number of piperidine rings is 1. The van der Waals surface area contributed by atoms with Gasteiger partial charge < -0.3 is 9.64 Å². The summed E-state index contributed by atoms with van der Waals surface area (Å²) >= 11 is 0. The number of esters is 1. The molecule has 21 heavy (non-hydrogen) atoms. The van der Waals surface area contributed by atoms with Gasteiger partial charge in [0, 0.05) is 13.1 Å². The number of nitrogens with zero attached hydrogens (tertiary/aromatic N) is 1. The van der Waals surface area contributed by atoms with Gasteiger partial charge in [-0.15, -0.1) is 0 Å². The molecule has 4 nitrogen and oxygen atoms in total. The second kappa shape index (κ2) is 10.4. The van der Waals surface area contributed by atoms with Crippen LogP contribution in [0.2, 0.25) is 0 Å². The Morgan fingerprint density at radius 3 is 2.38 bits per heavy atom. The van der Waals surface area contributed by atoms with Gasteiger partial charge >= 0.3 is 5.97 Å². The molecular formula is C17H29NO3. The SMILES string of the molecule is C=CC(=O)N1CCC(C(=O)OCCCCCCCC)CC1. The van der Waals surface area contributed by atoms with Crippen LogP contribution in [0.4, 0.5) is 0 Å². The van der Waals surface area contributed by atoms with E-state index in [0.717, 1.165) is 12.8 Å². The topological polar surface area (TPSA) is 46.6 Å². The largest absolute Gasteiger partial charge is 0.465 e. The Balaban J connectivity index is 2.08. The van der Waals surface area contributed by atoms with E-state index in [9.17, 15) is 9.59 Å². The van der Waals surface area contributed by atoms with Crippen molar-refractivity contribution in [3.05, 3.63) is 12.7 Å². The maximum Gasteiger partial charge on any atom is 0.309 e. The summed E-state index contributed by atoms with van der Waals surface area (Å²) in [4.78, 5) is 25.1. The van der Waals surface area contributed by atoms with Crippen LogP contribution in [0, 0.1) is 5.92 Å². The molecule has 1 rings (SSSR count). The molecule has 0 aliphatic carbocycles. The van der Waals surface area contributed by atoms with E-state index in [2.05, 4.69) is 13.5 Å². The Kier molecular flexibility index (Phi) is 8.79. The van der Waals surface area contributed by atoms with E-state index < -0.39 is 0 Å². The predicted octanol–water partition coefficient (Wildman–Crippen LogP) is 3.31. The standard InChI is InChI=1S/C17H29NO3/c1-3-5-6-7-8-9-14-21-17(20)15-10-12-18(13-11-15)16(19)4-2/h4,15H,2-3,5-14H2,1H3. The molecule has 0 bridgehead atoms. The van der Waals surface area contributed by atoms with Crippen molar-refractivity contribution < 1.29 is 14.3 Å². The molecule has 0 aromatic heterocycles. The van der Waals surface area contributed by atoms with Gasteiger partial charge in [0.2, 0.25) is 5.91 Å². The van der Waals surface area contributed by atoms with Gasteiger partial charge in [-0.25, -0.2) is 0 Å². The van der Waals surface area contributed by atoms with Crippen molar-refractivity contribution in [1.82, 2.24) is 4.90 Å². The van der Waals surface area contributed by atoms with Gasteiger partial charge in [-0.05, 0) is 25.3 Å². The number of hydrogen-bond acceptors (Lipinski definition) is 3. The van der Waals surface area contributed by atoms with E-state index in [1.807, 2.05) is 0 Å². The number of rotatable bonds is 9. The molecule has 0 saturated carbocycles. The lowest BCUT2D eigenvalue weighted by Crippen LogP contribution is -2.39. The van der Waals surface area contributed by atoms with Gasteiger partial charge in [-0.2, -0.15) is 0 Å². The normalized spacial score (nSPS) is 15.8. The van der Waals surface area contributed by atoms with E-state index in [0.29, 0.717) is 32.5 Å². The van der Waals surface area contributed by atoms with Crippen molar-refractivity contribution in [3.63, 3.8) is 0 Å². The first-order chi connectivity index (χ1) is 10.2. The van der Waals surface area contributed by atoms with Crippen molar-refractivity contribution in [2.45, 2.75) is 58.3 Å². The van der Waals surface area contributed by atoms with Gasteiger partial charge in [0.1, 0.15) is 0 Å². The van der Waals surface area contributed by atoms with Crippen molar-refractivity contribution in [2.75, 3.05) is 19.7 Å². The lowest BCUT2D eigenvalue weighted by atomic mass is 9.97. The summed E-state index contributed by atoms with van der Waals surface area (Å²) in [5.41, 5.74) is 0. The number of hydrogen-bond donors (Lipinski definition) is 0. The Bertz CT molecular complexity index is 333. The molecular weight excluding hydrogens is 266 g/mol. The minimum atomic E-state index is -0.0886. The first-order valence-electron chi connectivity index (χ1n) is 8.27. The second-order valence-corrected chi connectivity index (χ2v) is 5.74. The molecule has 0 atom stereocenters. The third kappa shape index (κ3) is 6.78. The Labute approximate surface area is 128 Å². The Morgan fingerprint density at radius 2 is 1.76 bits per heavy atom. The molecule has 0 spiro atoms. The molecule has 1 saturated heterocycles. The van der Waals surface area contributed by atoms with E-state index in [4.69, 9.17) is 4.74 Å². The van der Waals surface area contributed by atoms with Crippen LogP contribution in [0.1, 0.15) is 58.3 Å². The van der Waals surface area contributed by atoms with Gasteiger partial charge in [0.15, 0.2) is 0 Å². The van der Waals surface area contributed by atoms with Crippen molar-refractivity contribution >= 4 is 11.9 Å². The minimum Gasteiger partial charge on any atom is -0.465 e. The molecule has 4 heteroatoms. The van der Waals surface area contributed by atoms with Crippen LogP contribution in [0.3, 0.4) is 0 Å². The molecule has 1 aliphatic rings. The van der Waals surface area contributed by atoms with E-state index in [1.165, 1.54) is 31.8 Å². The third-order valence-electron chi connectivity index (χ3n) is 4.06. The zero-order valence-corrected chi connectivity index (χ0v) is 13.3. The van der Waals surface area contributed by atoms with Crippen molar-refractivity contribution in [2.24, 2.45) is 5.92 Å². The average molecular weight is 295 g/mol. The van der Waals surface area contributed by atoms with Crippen LogP contribution in [0.5, 0.6) is 0 Å². The molecule has 1 fully saturated rings. The molecule has 120 valence electrons. The summed E-state index contributed by atoms with van der Waals surface area (Å²) in [6.45, 7) is 7.48.